The summed E-state index contributed by atoms with van der Waals surface area (Å²) in [5, 5.41) is 18.3. The number of nitriles is 1. The van der Waals surface area contributed by atoms with Crippen molar-refractivity contribution in [3.05, 3.63) is 88.0 Å². The van der Waals surface area contributed by atoms with E-state index in [1.165, 1.54) is 50.2 Å². The van der Waals surface area contributed by atoms with E-state index in [0.29, 0.717) is 52.7 Å². The monoisotopic (exact) mass is 852 g/mol. The van der Waals surface area contributed by atoms with Gasteiger partial charge in [-0.1, -0.05) is 59.4 Å². The number of benzene rings is 3. The molecule has 0 bridgehead atoms. The molecule has 4 heterocycles. The van der Waals surface area contributed by atoms with Crippen molar-refractivity contribution in [3.8, 4) is 17.6 Å². The second kappa shape index (κ2) is 22.4. The quantitative estimate of drug-likeness (QED) is 0.139. The topological polar surface area (TPSA) is 182 Å². The van der Waals surface area contributed by atoms with Gasteiger partial charge >= 0.3 is 0 Å². The van der Waals surface area contributed by atoms with E-state index < -0.39 is 11.9 Å². The molecule has 4 aromatic rings. The first-order valence-electron chi connectivity index (χ1n) is 21.3. The third-order valence-corrected chi connectivity index (χ3v) is 10.9. The van der Waals surface area contributed by atoms with Gasteiger partial charge in [-0.2, -0.15) is 5.26 Å². The summed E-state index contributed by atoms with van der Waals surface area (Å²) < 4.78 is 42.0. The van der Waals surface area contributed by atoms with Crippen LogP contribution in [-0.2, 0) is 14.3 Å². The summed E-state index contributed by atoms with van der Waals surface area (Å²) in [6.45, 7) is 16.1. The number of rotatable bonds is 9. The van der Waals surface area contributed by atoms with E-state index in [0.717, 1.165) is 39.0 Å². The molecule has 1 aliphatic carbocycles. The van der Waals surface area contributed by atoms with Gasteiger partial charge in [0.2, 0.25) is 11.8 Å². The second-order valence-electron chi connectivity index (χ2n) is 15.8. The molecule has 61 heavy (non-hydrogen) atoms. The molecule has 1 spiro atoms. The van der Waals surface area contributed by atoms with Crippen LogP contribution in [0.5, 0.6) is 11.5 Å². The number of carbonyl (C=O) groups is 2. The van der Waals surface area contributed by atoms with Gasteiger partial charge in [-0.3, -0.25) is 24.3 Å². The molecule has 4 fully saturated rings. The maximum Gasteiger partial charge on any atom is 0.261 e. The zero-order valence-electron chi connectivity index (χ0n) is 36.2. The van der Waals surface area contributed by atoms with Crippen molar-refractivity contribution in [1.29, 1.82) is 5.26 Å². The van der Waals surface area contributed by atoms with Crippen LogP contribution in [0.25, 0.3) is 10.9 Å². The molecule has 3 saturated heterocycles. The fourth-order valence-electron chi connectivity index (χ4n) is 7.61. The number of nitrogens with one attached hydrogen (secondary N) is 3. The number of aryl methyl sites for hydroxylation is 1. The van der Waals surface area contributed by atoms with Gasteiger partial charge in [-0.05, 0) is 81.1 Å². The number of hydrogen-bond donors (Lipinski definition) is 3. The Morgan fingerprint density at radius 2 is 1.70 bits per heavy atom. The van der Waals surface area contributed by atoms with Crippen molar-refractivity contribution in [2.75, 3.05) is 43.0 Å². The molecular formula is C46H67F2N7O6. The highest BCUT2D eigenvalue weighted by atomic mass is 19.1. The average molecular weight is 852 g/mol. The molecule has 5 N–H and O–H groups in total. The predicted molar refractivity (Wildman–Crippen MR) is 240 cm³/mol. The summed E-state index contributed by atoms with van der Waals surface area (Å²) in [5.41, 5.74) is 2.55. The Labute approximate surface area is 361 Å². The van der Waals surface area contributed by atoms with Gasteiger partial charge in [0.15, 0.2) is 11.6 Å². The van der Waals surface area contributed by atoms with Crippen molar-refractivity contribution in [2.45, 2.75) is 111 Å². The number of hydrogen-bond acceptors (Lipinski definition) is 10. The van der Waals surface area contributed by atoms with Crippen LogP contribution >= 0.6 is 0 Å². The number of anilines is 2. The number of fused-ring (bicyclic) bond motifs is 1. The van der Waals surface area contributed by atoms with Crippen LogP contribution in [0.4, 0.5) is 20.2 Å². The Morgan fingerprint density at radius 3 is 2.33 bits per heavy atom. The lowest BCUT2D eigenvalue weighted by Gasteiger charge is -2.57. The molecule has 8 rings (SSSR count). The zero-order valence-corrected chi connectivity index (χ0v) is 36.2. The summed E-state index contributed by atoms with van der Waals surface area (Å²) in [7, 11) is 0. The number of amides is 2. The van der Waals surface area contributed by atoms with E-state index in [2.05, 4.69) is 34.8 Å². The van der Waals surface area contributed by atoms with Gasteiger partial charge in [0.05, 0.1) is 41.7 Å². The minimum absolute atomic E-state index is 0. The lowest BCUT2D eigenvalue weighted by molar-refractivity contribution is -0.133. The van der Waals surface area contributed by atoms with E-state index in [-0.39, 0.29) is 62.2 Å². The van der Waals surface area contributed by atoms with Crippen molar-refractivity contribution in [2.24, 2.45) is 5.41 Å². The third-order valence-electron chi connectivity index (χ3n) is 10.9. The molecule has 15 heteroatoms. The summed E-state index contributed by atoms with van der Waals surface area (Å²) in [4.78, 5) is 42.5. The van der Waals surface area contributed by atoms with Crippen LogP contribution in [0.2, 0.25) is 0 Å². The van der Waals surface area contributed by atoms with Gasteiger partial charge in [0, 0.05) is 48.0 Å². The minimum Gasteiger partial charge on any atom is -0.453 e. The molecule has 3 aliphatic heterocycles. The number of imide groups is 1. The minimum atomic E-state index is -0.635. The summed E-state index contributed by atoms with van der Waals surface area (Å²) in [6, 6.07) is 13.9. The van der Waals surface area contributed by atoms with E-state index in [1.54, 1.807) is 41.8 Å². The highest BCUT2D eigenvalue weighted by molar-refractivity contribution is 6.01. The van der Waals surface area contributed by atoms with Crippen LogP contribution in [0, 0.1) is 35.3 Å². The van der Waals surface area contributed by atoms with Crippen LogP contribution < -0.4 is 31.1 Å². The van der Waals surface area contributed by atoms with Crippen LogP contribution in [0.3, 0.4) is 0 Å². The summed E-state index contributed by atoms with van der Waals surface area (Å²) >= 11 is 0. The van der Waals surface area contributed by atoms with Gasteiger partial charge in [-0.15, -0.1) is 0 Å². The SMILES string of the molecule is CC.CCC.Cc1ccc(F)c(Oc2ccc3ncn([C@H](C)COC4CCCCC4)c(=O)c3c2)c1C#N.O.O=C1CCC(Nc2ccc(N3CC4(CNC4)C3)c(F)c2)C(=O)N1.[HH].[HH].[HH]. The van der Waals surface area contributed by atoms with Gasteiger partial charge < -0.3 is 30.5 Å². The Kier molecular flexibility index (Phi) is 17.7. The Hall–Kier alpha value is -5.43. The Bertz CT molecular complexity index is 2230. The van der Waals surface area contributed by atoms with Gasteiger partial charge in [-0.25, -0.2) is 13.8 Å². The highest BCUT2D eigenvalue weighted by Crippen LogP contribution is 2.39. The van der Waals surface area contributed by atoms with E-state index in [4.69, 9.17) is 9.47 Å². The molecule has 1 saturated carbocycles. The normalized spacial score (nSPS) is 18.1. The van der Waals surface area contributed by atoms with Gasteiger partial charge in [0.1, 0.15) is 29.2 Å². The van der Waals surface area contributed by atoms with Crippen LogP contribution in [0.1, 0.15) is 107 Å². The maximum atomic E-state index is 14.4. The number of ether oxygens (including phenoxy) is 2. The number of halogens is 2. The van der Waals surface area contributed by atoms with Crippen molar-refractivity contribution < 1.29 is 37.6 Å². The molecule has 2 amide bonds. The molecule has 1 unspecified atom stereocenters. The molecule has 1 aromatic heterocycles. The van der Waals surface area contributed by atoms with Crippen molar-refractivity contribution >= 4 is 34.1 Å². The molecule has 13 nitrogen and oxygen atoms in total. The third kappa shape index (κ3) is 11.9. The number of carbonyl (C=O) groups excluding carboxylic acids is 2. The predicted octanol–water partition coefficient (Wildman–Crippen LogP) is 8.23. The zero-order chi connectivity index (χ0) is 43.4. The van der Waals surface area contributed by atoms with Crippen molar-refractivity contribution in [1.82, 2.24) is 20.2 Å². The fourth-order valence-corrected chi connectivity index (χ4v) is 7.61. The van der Waals surface area contributed by atoms with E-state index in [1.807, 2.05) is 31.7 Å². The second-order valence-corrected chi connectivity index (χ2v) is 15.8. The highest BCUT2D eigenvalue weighted by Gasteiger charge is 2.48. The average Bonchev–Trinajstić information content (AvgIpc) is 3.21. The van der Waals surface area contributed by atoms with Crippen molar-refractivity contribution in [3.63, 3.8) is 0 Å². The fraction of sp³-hybridized carbons (Fsp3) is 0.500. The van der Waals surface area contributed by atoms with E-state index >= 15 is 0 Å². The maximum absolute atomic E-state index is 14.4. The summed E-state index contributed by atoms with van der Waals surface area (Å²) in [6.07, 6.45) is 9.54. The van der Waals surface area contributed by atoms with Gasteiger partial charge in [0.25, 0.3) is 5.56 Å². The molecule has 0 radical (unpaired) electrons. The molecule has 3 aromatic carbocycles. The standard InChI is InChI=1S/C25H26FN3O3.C16H19FN4O2.C3H8.C2H6.H2O.3H2/c1-16-8-10-22(26)24(21(16)13-27)32-19-9-11-23-20(12-19)25(30)29(15-28-23)17(2)14-31-18-6-4-3-5-7-18;17-11-5-10(19-12-2-4-14(22)20-15(12)23)1-3-13(11)21-8-16(9-21)6-18-7-16;1-3-2;1-2;;;;/h8-12,15,17-18H,3-7,14H2,1-2H3;1,3,5,12,18-19H,2,4,6-9H2,(H,20,22,23);3H2,1-2H3;1-2H3;1H2;3*1H/t17-;;;;;;;/m1......./s1. The Balaban J connectivity index is 0.000000569. The first kappa shape index (κ1) is 48.2. The lowest BCUT2D eigenvalue weighted by atomic mass is 9.74. The summed E-state index contributed by atoms with van der Waals surface area (Å²) in [5.74, 6) is -1.42. The lowest BCUT2D eigenvalue weighted by Crippen LogP contribution is -2.71. The molecule has 4 aliphatic rings. The van der Waals surface area contributed by atoms with E-state index in [9.17, 15) is 28.4 Å². The molecule has 2 atom stereocenters. The number of nitrogens with zero attached hydrogens (tertiary/aromatic N) is 4. The first-order chi connectivity index (χ1) is 28.9. The molecular weight excluding hydrogens is 785 g/mol. The number of piperidine rings is 1. The number of aromatic nitrogens is 2. The van der Waals surface area contributed by atoms with Crippen LogP contribution in [-0.4, -0.2) is 71.8 Å². The smallest absolute Gasteiger partial charge is 0.261 e. The Morgan fingerprint density at radius 1 is 1.00 bits per heavy atom. The molecule has 336 valence electrons. The largest absolute Gasteiger partial charge is 0.453 e. The van der Waals surface area contributed by atoms with Crippen LogP contribution in [0.15, 0.2) is 59.7 Å². The first-order valence-corrected chi connectivity index (χ1v) is 21.3.